The van der Waals surface area contributed by atoms with E-state index in [0.29, 0.717) is 24.8 Å². The summed E-state index contributed by atoms with van der Waals surface area (Å²) in [7, 11) is 0. The summed E-state index contributed by atoms with van der Waals surface area (Å²) < 4.78 is 0. The summed E-state index contributed by atoms with van der Waals surface area (Å²) in [4.78, 5) is 40.6. The molecule has 8 heteroatoms. The van der Waals surface area contributed by atoms with Crippen LogP contribution in [-0.4, -0.2) is 39.4 Å². The number of aromatic nitrogens is 1. The summed E-state index contributed by atoms with van der Waals surface area (Å²) in [5.74, 6) is -1.66. The molecule has 3 amide bonds. The van der Waals surface area contributed by atoms with Gasteiger partial charge in [-0.05, 0) is 54.5 Å². The molecular weight excluding hydrogens is 372 g/mol. The minimum absolute atomic E-state index is 0.0518. The van der Waals surface area contributed by atoms with E-state index < -0.39 is 29.9 Å². The number of pyridine rings is 1. The Labute approximate surface area is 168 Å². The van der Waals surface area contributed by atoms with Crippen LogP contribution in [0.4, 0.5) is 4.79 Å². The quantitative estimate of drug-likeness (QED) is 0.685. The molecule has 1 aliphatic rings. The van der Waals surface area contributed by atoms with Gasteiger partial charge in [0, 0.05) is 24.5 Å². The molecule has 1 aromatic carbocycles. The highest BCUT2D eigenvalue weighted by Crippen LogP contribution is 2.39. The molecular formula is C21H24N4O4. The molecule has 0 bridgehead atoms. The van der Waals surface area contributed by atoms with Crippen LogP contribution in [0.2, 0.25) is 0 Å². The molecule has 0 saturated carbocycles. The van der Waals surface area contributed by atoms with Crippen molar-refractivity contribution in [3.8, 4) is 0 Å². The molecule has 3 rings (SSSR count). The number of carbonyl (C=O) groups is 3. The summed E-state index contributed by atoms with van der Waals surface area (Å²) >= 11 is 0. The van der Waals surface area contributed by atoms with Gasteiger partial charge in [0.05, 0.1) is 12.0 Å². The number of piperidine rings is 1. The van der Waals surface area contributed by atoms with Gasteiger partial charge in [0.15, 0.2) is 0 Å². The van der Waals surface area contributed by atoms with Gasteiger partial charge in [0.2, 0.25) is 11.8 Å². The molecule has 152 valence electrons. The van der Waals surface area contributed by atoms with E-state index in [0.717, 1.165) is 11.1 Å². The molecule has 8 nitrogen and oxygen atoms in total. The molecule has 1 fully saturated rings. The zero-order valence-electron chi connectivity index (χ0n) is 15.9. The van der Waals surface area contributed by atoms with Crippen molar-refractivity contribution in [1.82, 2.24) is 9.88 Å². The standard InChI is InChI=1S/C21H24N4O4/c22-19(26)15-4-1-3-13(9-15)6-7-14-10-18(16-5-2-8-24-11-16)25(21(28)29)12-17(14)20(23)27/h1-5,8-9,11,14,17-18H,6-7,10,12H2,(H2,22,26)(H2,23,27)(H,28,29). The third kappa shape index (κ3) is 4.71. The Morgan fingerprint density at radius 1 is 1.17 bits per heavy atom. The highest BCUT2D eigenvalue weighted by Gasteiger charge is 2.40. The van der Waals surface area contributed by atoms with Crippen molar-refractivity contribution in [1.29, 1.82) is 0 Å². The number of hydrogen-bond acceptors (Lipinski definition) is 4. The molecule has 0 radical (unpaired) electrons. The predicted molar refractivity (Wildman–Crippen MR) is 106 cm³/mol. The molecule has 0 spiro atoms. The summed E-state index contributed by atoms with van der Waals surface area (Å²) in [6, 6.07) is 10.3. The fourth-order valence-corrected chi connectivity index (χ4v) is 4.04. The largest absolute Gasteiger partial charge is 0.465 e. The van der Waals surface area contributed by atoms with Crippen molar-refractivity contribution in [2.75, 3.05) is 6.54 Å². The molecule has 2 aromatic rings. The molecule has 1 saturated heterocycles. The van der Waals surface area contributed by atoms with Crippen molar-refractivity contribution in [2.24, 2.45) is 23.3 Å². The normalized spacial score (nSPS) is 21.5. The van der Waals surface area contributed by atoms with E-state index in [1.807, 2.05) is 12.1 Å². The van der Waals surface area contributed by atoms with Crippen molar-refractivity contribution in [3.05, 3.63) is 65.5 Å². The minimum Gasteiger partial charge on any atom is -0.465 e. The first-order valence-corrected chi connectivity index (χ1v) is 9.44. The number of nitrogens with two attached hydrogens (primary N) is 2. The lowest BCUT2D eigenvalue weighted by Gasteiger charge is -2.42. The van der Waals surface area contributed by atoms with Crippen LogP contribution in [0.3, 0.4) is 0 Å². The Balaban J connectivity index is 1.81. The van der Waals surface area contributed by atoms with Crippen molar-refractivity contribution >= 4 is 17.9 Å². The second-order valence-electron chi connectivity index (χ2n) is 7.35. The Hall–Kier alpha value is -3.42. The number of aryl methyl sites for hydroxylation is 1. The maximum Gasteiger partial charge on any atom is 0.407 e. The summed E-state index contributed by atoms with van der Waals surface area (Å²) in [6.07, 6.45) is 3.94. The molecule has 2 heterocycles. The molecule has 3 unspecified atom stereocenters. The highest BCUT2D eigenvalue weighted by molar-refractivity contribution is 5.92. The minimum atomic E-state index is -1.09. The molecule has 3 atom stereocenters. The van der Waals surface area contributed by atoms with Crippen LogP contribution in [0, 0.1) is 11.8 Å². The van der Waals surface area contributed by atoms with Crippen molar-refractivity contribution < 1.29 is 19.5 Å². The van der Waals surface area contributed by atoms with Crippen LogP contribution in [0.25, 0.3) is 0 Å². The smallest absolute Gasteiger partial charge is 0.407 e. The Bertz CT molecular complexity index is 903. The third-order valence-electron chi connectivity index (χ3n) is 5.56. The van der Waals surface area contributed by atoms with E-state index in [4.69, 9.17) is 11.5 Å². The van der Waals surface area contributed by atoms with Gasteiger partial charge >= 0.3 is 6.09 Å². The lowest BCUT2D eigenvalue weighted by atomic mass is 9.77. The van der Waals surface area contributed by atoms with Crippen molar-refractivity contribution in [3.63, 3.8) is 0 Å². The first-order chi connectivity index (χ1) is 13.9. The van der Waals surface area contributed by atoms with Crippen molar-refractivity contribution in [2.45, 2.75) is 25.3 Å². The van der Waals surface area contributed by atoms with E-state index in [1.165, 1.54) is 4.90 Å². The van der Waals surface area contributed by atoms with E-state index in [1.54, 1.807) is 36.7 Å². The maximum atomic E-state index is 12.1. The Kier molecular flexibility index (Phi) is 6.11. The molecule has 5 N–H and O–H groups in total. The predicted octanol–water partition coefficient (Wildman–Crippen LogP) is 1.96. The monoisotopic (exact) mass is 396 g/mol. The molecule has 1 aromatic heterocycles. The average molecular weight is 396 g/mol. The first kappa shape index (κ1) is 20.3. The van der Waals surface area contributed by atoms with E-state index in [9.17, 15) is 19.5 Å². The van der Waals surface area contributed by atoms with Gasteiger partial charge in [-0.15, -0.1) is 0 Å². The second-order valence-corrected chi connectivity index (χ2v) is 7.35. The fraction of sp³-hybridized carbons (Fsp3) is 0.333. The van der Waals surface area contributed by atoms with Crippen LogP contribution in [0.5, 0.6) is 0 Å². The average Bonchev–Trinajstić information content (AvgIpc) is 2.72. The fourth-order valence-electron chi connectivity index (χ4n) is 4.04. The first-order valence-electron chi connectivity index (χ1n) is 9.44. The van der Waals surface area contributed by atoms with E-state index in [2.05, 4.69) is 4.98 Å². The third-order valence-corrected chi connectivity index (χ3v) is 5.56. The van der Waals surface area contributed by atoms with Crippen LogP contribution in [-0.2, 0) is 11.2 Å². The van der Waals surface area contributed by atoms with Crippen LogP contribution < -0.4 is 11.5 Å². The number of carbonyl (C=O) groups excluding carboxylic acids is 2. The van der Waals surface area contributed by atoms with Gasteiger partial charge in [-0.3, -0.25) is 14.6 Å². The van der Waals surface area contributed by atoms with Crippen LogP contribution in [0.1, 0.15) is 40.4 Å². The van der Waals surface area contributed by atoms with Gasteiger partial charge in [-0.2, -0.15) is 0 Å². The second kappa shape index (κ2) is 8.72. The van der Waals surface area contributed by atoms with Crippen LogP contribution in [0.15, 0.2) is 48.8 Å². The SMILES string of the molecule is NC(=O)c1cccc(CCC2CC(c3cccnc3)N(C(=O)O)CC2C(N)=O)c1. The topological polar surface area (TPSA) is 140 Å². The zero-order valence-corrected chi connectivity index (χ0v) is 15.9. The van der Waals surface area contributed by atoms with Crippen LogP contribution >= 0.6 is 0 Å². The number of likely N-dealkylation sites (tertiary alicyclic amines) is 1. The van der Waals surface area contributed by atoms with Gasteiger partial charge < -0.3 is 21.5 Å². The lowest BCUT2D eigenvalue weighted by Crippen LogP contribution is -2.49. The maximum absolute atomic E-state index is 12.1. The number of hydrogen-bond donors (Lipinski definition) is 3. The number of nitrogens with zero attached hydrogens (tertiary/aromatic N) is 2. The number of primary amides is 2. The molecule has 0 aliphatic carbocycles. The number of rotatable bonds is 6. The number of benzene rings is 1. The van der Waals surface area contributed by atoms with E-state index in [-0.39, 0.29) is 12.5 Å². The zero-order chi connectivity index (χ0) is 21.0. The van der Waals surface area contributed by atoms with Gasteiger partial charge in [0.25, 0.3) is 0 Å². The number of amides is 3. The number of carboxylic acid groups (broad SMARTS) is 1. The summed E-state index contributed by atoms with van der Waals surface area (Å²) in [6.45, 7) is 0.0518. The lowest BCUT2D eigenvalue weighted by molar-refractivity contribution is -0.126. The van der Waals surface area contributed by atoms with Gasteiger partial charge in [-0.1, -0.05) is 18.2 Å². The Morgan fingerprint density at radius 2 is 1.97 bits per heavy atom. The van der Waals surface area contributed by atoms with Gasteiger partial charge in [-0.25, -0.2) is 4.79 Å². The summed E-state index contributed by atoms with van der Waals surface area (Å²) in [5.41, 5.74) is 13.1. The molecule has 29 heavy (non-hydrogen) atoms. The van der Waals surface area contributed by atoms with E-state index >= 15 is 0 Å². The van der Waals surface area contributed by atoms with Gasteiger partial charge in [0.1, 0.15) is 0 Å². The summed E-state index contributed by atoms with van der Waals surface area (Å²) in [5, 5.41) is 9.66. The highest BCUT2D eigenvalue weighted by atomic mass is 16.4. The Morgan fingerprint density at radius 3 is 2.59 bits per heavy atom. The molecule has 1 aliphatic heterocycles.